The average Bonchev–Trinajstić information content (AvgIpc) is 2.75. The lowest BCUT2D eigenvalue weighted by Crippen LogP contribution is -1.97. The molecule has 1 aromatic carbocycles. The Balaban J connectivity index is 2.65. The highest BCUT2D eigenvalue weighted by Crippen LogP contribution is 2.33. The van der Waals surface area contributed by atoms with Crippen LogP contribution in [0.2, 0.25) is 0 Å². The van der Waals surface area contributed by atoms with Crippen LogP contribution in [0.25, 0.3) is 11.4 Å². The number of rotatable bonds is 2. The quantitative estimate of drug-likeness (QED) is 0.926. The molecule has 2 N–H and O–H groups in total. The van der Waals surface area contributed by atoms with Crippen LogP contribution in [0.15, 0.2) is 15.1 Å². The maximum absolute atomic E-state index is 13.6. The van der Waals surface area contributed by atoms with Crippen molar-refractivity contribution >= 4 is 15.9 Å². The average molecular weight is 300 g/mol. The van der Waals surface area contributed by atoms with Crippen LogP contribution in [0.5, 0.6) is 0 Å². The van der Waals surface area contributed by atoms with Crippen LogP contribution < -0.4 is 5.73 Å². The molecule has 0 saturated heterocycles. The molecule has 17 heavy (non-hydrogen) atoms. The molecule has 0 amide bonds. The van der Waals surface area contributed by atoms with Gasteiger partial charge >= 0.3 is 0 Å². The van der Waals surface area contributed by atoms with Gasteiger partial charge in [-0.1, -0.05) is 5.16 Å². The summed E-state index contributed by atoms with van der Waals surface area (Å²) in [6.45, 7) is 3.88. The first-order chi connectivity index (χ1) is 8.04. The van der Waals surface area contributed by atoms with Crippen molar-refractivity contribution in [2.24, 2.45) is 5.73 Å². The van der Waals surface area contributed by atoms with Gasteiger partial charge in [0.15, 0.2) is 0 Å². The lowest BCUT2D eigenvalue weighted by atomic mass is 10.0. The largest absolute Gasteiger partial charge is 0.338 e. The molecule has 90 valence electrons. The molecule has 1 aromatic heterocycles. The summed E-state index contributed by atoms with van der Waals surface area (Å²) in [6, 6.07) is 1.47. The highest BCUT2D eigenvalue weighted by atomic mass is 79.9. The topological polar surface area (TPSA) is 64.9 Å². The van der Waals surface area contributed by atoms with Crippen LogP contribution in [0, 0.1) is 19.7 Å². The number of nitrogens with two attached hydrogens (primary N) is 1. The van der Waals surface area contributed by atoms with Gasteiger partial charge in [-0.3, -0.25) is 0 Å². The Labute approximate surface area is 106 Å². The van der Waals surface area contributed by atoms with Crippen molar-refractivity contribution in [2.45, 2.75) is 20.4 Å². The van der Waals surface area contributed by atoms with Crippen molar-refractivity contribution < 1.29 is 8.91 Å². The van der Waals surface area contributed by atoms with E-state index < -0.39 is 0 Å². The Hall–Kier alpha value is -1.27. The number of aromatic nitrogens is 2. The first-order valence-electron chi connectivity index (χ1n) is 5.02. The molecule has 0 bridgehead atoms. The number of hydrogen-bond acceptors (Lipinski definition) is 4. The molecule has 4 nitrogen and oxygen atoms in total. The van der Waals surface area contributed by atoms with Crippen molar-refractivity contribution in [2.75, 3.05) is 0 Å². The lowest BCUT2D eigenvalue weighted by molar-refractivity contribution is 0.380. The summed E-state index contributed by atoms with van der Waals surface area (Å²) in [5.41, 5.74) is 7.74. The van der Waals surface area contributed by atoms with E-state index in [4.69, 9.17) is 10.3 Å². The second kappa shape index (κ2) is 4.54. The standard InChI is InChI=1S/C11H11BrFN3O/c1-5-3-7(13)10(12)9(6(5)2)11-15-8(4-14)17-16-11/h3H,4,14H2,1-2H3. The molecule has 0 atom stereocenters. The fourth-order valence-electron chi connectivity index (χ4n) is 1.55. The van der Waals surface area contributed by atoms with Gasteiger partial charge in [0.05, 0.1) is 11.0 Å². The molecule has 0 aliphatic heterocycles. The number of halogens is 2. The van der Waals surface area contributed by atoms with Gasteiger partial charge in [-0.05, 0) is 47.0 Å². The Bertz CT molecular complexity index is 542. The van der Waals surface area contributed by atoms with E-state index in [1.807, 2.05) is 13.8 Å². The van der Waals surface area contributed by atoms with Gasteiger partial charge in [0, 0.05) is 5.56 Å². The van der Waals surface area contributed by atoms with Crippen molar-refractivity contribution in [1.82, 2.24) is 10.1 Å². The van der Waals surface area contributed by atoms with Crippen molar-refractivity contribution in [3.05, 3.63) is 33.4 Å². The van der Waals surface area contributed by atoms with Gasteiger partial charge in [0.25, 0.3) is 0 Å². The Morgan fingerprint density at radius 2 is 2.18 bits per heavy atom. The highest BCUT2D eigenvalue weighted by Gasteiger charge is 2.18. The summed E-state index contributed by atoms with van der Waals surface area (Å²) in [5.74, 6) is 0.327. The second-order valence-corrected chi connectivity index (χ2v) is 4.50. The number of benzene rings is 1. The monoisotopic (exact) mass is 299 g/mol. The molecule has 0 aliphatic rings. The molecule has 0 unspecified atom stereocenters. The minimum Gasteiger partial charge on any atom is -0.338 e. The van der Waals surface area contributed by atoms with Crippen LogP contribution >= 0.6 is 15.9 Å². The maximum atomic E-state index is 13.6. The van der Waals surface area contributed by atoms with E-state index in [-0.39, 0.29) is 12.4 Å². The van der Waals surface area contributed by atoms with Crippen molar-refractivity contribution in [3.8, 4) is 11.4 Å². The van der Waals surface area contributed by atoms with E-state index in [2.05, 4.69) is 26.1 Å². The third kappa shape index (κ3) is 2.10. The lowest BCUT2D eigenvalue weighted by Gasteiger charge is -2.08. The van der Waals surface area contributed by atoms with Crippen molar-refractivity contribution in [1.29, 1.82) is 0 Å². The van der Waals surface area contributed by atoms with Crippen molar-refractivity contribution in [3.63, 3.8) is 0 Å². The van der Waals surface area contributed by atoms with E-state index in [0.717, 1.165) is 11.1 Å². The summed E-state index contributed by atoms with van der Waals surface area (Å²) in [5, 5.41) is 3.80. The minimum absolute atomic E-state index is 0.165. The van der Waals surface area contributed by atoms with Crippen LogP contribution in [0.4, 0.5) is 4.39 Å². The van der Waals surface area contributed by atoms with Crippen LogP contribution in [0.1, 0.15) is 17.0 Å². The van der Waals surface area contributed by atoms with Gasteiger partial charge in [-0.15, -0.1) is 0 Å². The van der Waals surface area contributed by atoms with E-state index in [9.17, 15) is 4.39 Å². The van der Waals surface area contributed by atoms with E-state index >= 15 is 0 Å². The summed E-state index contributed by atoms with van der Waals surface area (Å²) < 4.78 is 18.9. The number of nitrogens with zero attached hydrogens (tertiary/aromatic N) is 2. The molecule has 0 spiro atoms. The predicted octanol–water partition coefficient (Wildman–Crippen LogP) is 2.71. The fourth-order valence-corrected chi connectivity index (χ4v) is 2.14. The first kappa shape index (κ1) is 12.2. The first-order valence-corrected chi connectivity index (χ1v) is 5.82. The molecular weight excluding hydrogens is 289 g/mol. The zero-order chi connectivity index (χ0) is 12.6. The van der Waals surface area contributed by atoms with Gasteiger partial charge in [0.2, 0.25) is 11.7 Å². The second-order valence-electron chi connectivity index (χ2n) is 3.71. The SMILES string of the molecule is Cc1cc(F)c(Br)c(-c2noc(CN)n2)c1C. The third-order valence-electron chi connectivity index (χ3n) is 2.61. The van der Waals surface area contributed by atoms with E-state index in [1.165, 1.54) is 6.07 Å². The summed E-state index contributed by atoms with van der Waals surface area (Å²) >= 11 is 3.21. The van der Waals surface area contributed by atoms with E-state index in [0.29, 0.717) is 21.8 Å². The van der Waals surface area contributed by atoms with Gasteiger partial charge < -0.3 is 10.3 Å². The van der Waals surface area contributed by atoms with Crippen LogP contribution in [-0.2, 0) is 6.54 Å². The summed E-state index contributed by atoms with van der Waals surface area (Å²) in [6.07, 6.45) is 0. The van der Waals surface area contributed by atoms with Gasteiger partial charge in [-0.25, -0.2) is 4.39 Å². The number of hydrogen-bond donors (Lipinski definition) is 1. The molecule has 0 fully saturated rings. The molecule has 2 aromatic rings. The zero-order valence-corrected chi connectivity index (χ0v) is 11.0. The third-order valence-corrected chi connectivity index (χ3v) is 3.38. The fraction of sp³-hybridized carbons (Fsp3) is 0.273. The van der Waals surface area contributed by atoms with E-state index in [1.54, 1.807) is 0 Å². The maximum Gasteiger partial charge on any atom is 0.240 e. The Morgan fingerprint density at radius 3 is 2.76 bits per heavy atom. The predicted molar refractivity (Wildman–Crippen MR) is 64.8 cm³/mol. The highest BCUT2D eigenvalue weighted by molar-refractivity contribution is 9.10. The molecule has 6 heteroatoms. The molecule has 2 rings (SSSR count). The number of aryl methyl sites for hydroxylation is 1. The van der Waals surface area contributed by atoms with Crippen LogP contribution in [0.3, 0.4) is 0 Å². The molecule has 0 radical (unpaired) electrons. The molecular formula is C11H11BrFN3O. The Kier molecular flexibility index (Phi) is 3.26. The molecule has 0 aliphatic carbocycles. The normalized spacial score (nSPS) is 10.9. The molecule has 0 saturated carbocycles. The smallest absolute Gasteiger partial charge is 0.240 e. The Morgan fingerprint density at radius 1 is 1.47 bits per heavy atom. The minimum atomic E-state index is -0.345. The summed E-state index contributed by atoms with van der Waals surface area (Å²) in [7, 11) is 0. The van der Waals surface area contributed by atoms with Crippen LogP contribution in [-0.4, -0.2) is 10.1 Å². The van der Waals surface area contributed by atoms with Gasteiger partial charge in [0.1, 0.15) is 5.82 Å². The zero-order valence-electron chi connectivity index (χ0n) is 9.42. The summed E-state index contributed by atoms with van der Waals surface area (Å²) in [4.78, 5) is 4.10. The van der Waals surface area contributed by atoms with Gasteiger partial charge in [-0.2, -0.15) is 4.98 Å². The molecule has 1 heterocycles.